The zero-order valence-corrected chi connectivity index (χ0v) is 14.6. The molecule has 0 saturated carbocycles. The molecule has 0 radical (unpaired) electrons. The van der Waals surface area contributed by atoms with Gasteiger partial charge in [0.15, 0.2) is 0 Å². The van der Waals surface area contributed by atoms with E-state index in [0.717, 1.165) is 29.0 Å². The number of nitrogens with zero attached hydrogens (tertiary/aromatic N) is 3. The molecule has 6 heteroatoms. The van der Waals surface area contributed by atoms with Crippen LogP contribution in [0.15, 0.2) is 48.7 Å². The van der Waals surface area contributed by atoms with Crippen LogP contribution in [0.3, 0.4) is 0 Å². The maximum absolute atomic E-state index is 12.5. The van der Waals surface area contributed by atoms with Gasteiger partial charge in [-0.25, -0.2) is 4.98 Å². The van der Waals surface area contributed by atoms with Gasteiger partial charge in [-0.1, -0.05) is 18.2 Å². The van der Waals surface area contributed by atoms with Crippen LogP contribution in [0.2, 0.25) is 0 Å². The molecule has 124 valence electrons. The Hall–Kier alpha value is -2.34. The number of para-hydroxylation sites is 2. The molecule has 0 aliphatic rings. The van der Waals surface area contributed by atoms with Crippen molar-refractivity contribution in [1.29, 1.82) is 0 Å². The fraction of sp³-hybridized carbons (Fsp3) is 0.278. The largest absolute Gasteiger partial charge is 0.341 e. The molecule has 0 saturated heterocycles. The molecular formula is C18H20N4OS. The van der Waals surface area contributed by atoms with E-state index in [1.54, 1.807) is 30.1 Å². The van der Waals surface area contributed by atoms with Crippen molar-refractivity contribution in [2.75, 3.05) is 12.0 Å². The number of pyridine rings is 1. The number of hydrogen-bond acceptors (Lipinski definition) is 4. The third-order valence-electron chi connectivity index (χ3n) is 3.95. The summed E-state index contributed by atoms with van der Waals surface area (Å²) in [5, 5.41) is 3.09. The maximum atomic E-state index is 12.5. The minimum absolute atomic E-state index is 0.149. The van der Waals surface area contributed by atoms with Crippen molar-refractivity contribution < 1.29 is 4.79 Å². The molecule has 0 spiro atoms. The first kappa shape index (κ1) is 16.5. The van der Waals surface area contributed by atoms with Crippen molar-refractivity contribution in [2.24, 2.45) is 7.05 Å². The highest BCUT2D eigenvalue weighted by Gasteiger charge is 2.21. The fourth-order valence-corrected chi connectivity index (χ4v) is 3.18. The number of benzene rings is 1. The first-order chi connectivity index (χ1) is 11.7. The Bertz CT molecular complexity index is 831. The van der Waals surface area contributed by atoms with Gasteiger partial charge in [0.05, 0.1) is 17.1 Å². The van der Waals surface area contributed by atoms with Crippen LogP contribution < -0.4 is 5.32 Å². The highest BCUT2D eigenvalue weighted by Crippen LogP contribution is 2.23. The number of imidazole rings is 1. The number of nitrogens with one attached hydrogen (secondary N) is 1. The third kappa shape index (κ3) is 3.43. The van der Waals surface area contributed by atoms with Gasteiger partial charge < -0.3 is 9.88 Å². The minimum atomic E-state index is -0.172. The van der Waals surface area contributed by atoms with E-state index in [1.165, 1.54) is 0 Å². The molecule has 2 aromatic heterocycles. The van der Waals surface area contributed by atoms with Gasteiger partial charge in [0.1, 0.15) is 11.5 Å². The fourth-order valence-electron chi connectivity index (χ4n) is 2.71. The summed E-state index contributed by atoms with van der Waals surface area (Å²) >= 11 is 1.76. The number of fused-ring (bicyclic) bond motifs is 1. The normalized spacial score (nSPS) is 12.2. The molecule has 1 N–H and O–H groups in total. The Morgan fingerprint density at radius 2 is 2.04 bits per heavy atom. The second kappa shape index (κ2) is 7.49. The Labute approximate surface area is 145 Å². The minimum Gasteiger partial charge on any atom is -0.341 e. The summed E-state index contributed by atoms with van der Waals surface area (Å²) in [7, 11) is 1.99. The van der Waals surface area contributed by atoms with Gasteiger partial charge in [0, 0.05) is 13.2 Å². The van der Waals surface area contributed by atoms with Crippen molar-refractivity contribution >= 4 is 28.7 Å². The van der Waals surface area contributed by atoms with Gasteiger partial charge >= 0.3 is 0 Å². The van der Waals surface area contributed by atoms with E-state index in [-0.39, 0.29) is 11.9 Å². The summed E-state index contributed by atoms with van der Waals surface area (Å²) in [5.74, 6) is 1.64. The molecule has 2 heterocycles. The van der Waals surface area contributed by atoms with Gasteiger partial charge in [-0.3, -0.25) is 9.78 Å². The summed E-state index contributed by atoms with van der Waals surface area (Å²) in [6.07, 6.45) is 4.50. The van der Waals surface area contributed by atoms with Crippen LogP contribution in [0, 0.1) is 0 Å². The number of carbonyl (C=O) groups is 1. The Morgan fingerprint density at radius 3 is 2.75 bits per heavy atom. The van der Waals surface area contributed by atoms with Gasteiger partial charge in [-0.15, -0.1) is 0 Å². The van der Waals surface area contributed by atoms with Crippen LogP contribution in [-0.4, -0.2) is 32.5 Å². The number of hydrogen-bond donors (Lipinski definition) is 1. The number of rotatable bonds is 6. The zero-order valence-electron chi connectivity index (χ0n) is 13.8. The Kier molecular flexibility index (Phi) is 5.15. The van der Waals surface area contributed by atoms with Crippen LogP contribution in [0.5, 0.6) is 0 Å². The van der Waals surface area contributed by atoms with Gasteiger partial charge in [-0.2, -0.15) is 11.8 Å². The molecule has 1 aromatic carbocycles. The molecular weight excluding hydrogens is 320 g/mol. The number of amides is 1. The summed E-state index contributed by atoms with van der Waals surface area (Å²) < 4.78 is 2.05. The average Bonchev–Trinajstić information content (AvgIpc) is 2.96. The number of thioether (sulfide) groups is 1. The van der Waals surface area contributed by atoms with Crippen molar-refractivity contribution in [3.8, 4) is 0 Å². The SMILES string of the molecule is CSCC[C@H](NC(=O)c1ccccn1)c1nc2ccccc2n1C. The standard InChI is InChI=1S/C18H20N4OS/c1-22-16-9-4-3-7-13(16)20-17(22)14(10-12-24-2)21-18(23)15-8-5-6-11-19-15/h3-9,11,14H,10,12H2,1-2H3,(H,21,23)/t14-/m0/s1. The summed E-state index contributed by atoms with van der Waals surface area (Å²) in [6.45, 7) is 0. The first-order valence-electron chi connectivity index (χ1n) is 7.83. The Balaban J connectivity index is 1.90. The number of aryl methyl sites for hydroxylation is 1. The van der Waals surface area contributed by atoms with Gasteiger partial charge in [0.2, 0.25) is 0 Å². The second-order valence-corrected chi connectivity index (χ2v) is 6.53. The van der Waals surface area contributed by atoms with E-state index < -0.39 is 0 Å². The summed E-state index contributed by atoms with van der Waals surface area (Å²) in [6, 6.07) is 13.2. The molecule has 1 amide bonds. The van der Waals surface area contributed by atoms with Crippen molar-refractivity contribution in [3.05, 3.63) is 60.2 Å². The highest BCUT2D eigenvalue weighted by molar-refractivity contribution is 7.98. The molecule has 0 unspecified atom stereocenters. The first-order valence-corrected chi connectivity index (χ1v) is 9.22. The lowest BCUT2D eigenvalue weighted by Crippen LogP contribution is -2.31. The third-order valence-corrected chi connectivity index (χ3v) is 4.59. The summed E-state index contributed by atoms with van der Waals surface area (Å²) in [5.41, 5.74) is 2.43. The van der Waals surface area contributed by atoms with E-state index >= 15 is 0 Å². The molecule has 1 atom stereocenters. The molecule has 3 aromatic rings. The lowest BCUT2D eigenvalue weighted by Gasteiger charge is -2.18. The van der Waals surface area contributed by atoms with E-state index in [1.807, 2.05) is 37.4 Å². The Morgan fingerprint density at radius 1 is 1.25 bits per heavy atom. The average molecular weight is 340 g/mol. The monoisotopic (exact) mass is 340 g/mol. The van der Waals surface area contributed by atoms with E-state index in [4.69, 9.17) is 4.98 Å². The number of aromatic nitrogens is 3. The molecule has 24 heavy (non-hydrogen) atoms. The molecule has 0 bridgehead atoms. The molecule has 0 aliphatic heterocycles. The summed E-state index contributed by atoms with van der Waals surface area (Å²) in [4.78, 5) is 21.4. The quantitative estimate of drug-likeness (QED) is 0.749. The molecule has 0 fully saturated rings. The highest BCUT2D eigenvalue weighted by atomic mass is 32.2. The van der Waals surface area contributed by atoms with E-state index in [9.17, 15) is 4.79 Å². The van der Waals surface area contributed by atoms with E-state index in [0.29, 0.717) is 5.69 Å². The lowest BCUT2D eigenvalue weighted by atomic mass is 10.2. The number of carbonyl (C=O) groups excluding carboxylic acids is 1. The van der Waals surface area contributed by atoms with E-state index in [2.05, 4.69) is 21.1 Å². The van der Waals surface area contributed by atoms with Crippen molar-refractivity contribution in [1.82, 2.24) is 19.9 Å². The van der Waals surface area contributed by atoms with Crippen LogP contribution >= 0.6 is 11.8 Å². The van der Waals surface area contributed by atoms with Crippen LogP contribution in [-0.2, 0) is 7.05 Å². The van der Waals surface area contributed by atoms with Crippen molar-refractivity contribution in [3.63, 3.8) is 0 Å². The van der Waals surface area contributed by atoms with Crippen molar-refractivity contribution in [2.45, 2.75) is 12.5 Å². The van der Waals surface area contributed by atoms with Gasteiger partial charge in [-0.05, 0) is 42.7 Å². The predicted molar refractivity (Wildman–Crippen MR) is 98.2 cm³/mol. The lowest BCUT2D eigenvalue weighted by molar-refractivity contribution is 0.0928. The van der Waals surface area contributed by atoms with Crippen LogP contribution in [0.1, 0.15) is 28.8 Å². The van der Waals surface area contributed by atoms with Crippen LogP contribution in [0.4, 0.5) is 0 Å². The van der Waals surface area contributed by atoms with Crippen LogP contribution in [0.25, 0.3) is 11.0 Å². The topological polar surface area (TPSA) is 59.8 Å². The smallest absolute Gasteiger partial charge is 0.270 e. The predicted octanol–water partition coefficient (Wildman–Crippen LogP) is 3.19. The molecule has 0 aliphatic carbocycles. The maximum Gasteiger partial charge on any atom is 0.270 e. The van der Waals surface area contributed by atoms with Gasteiger partial charge in [0.25, 0.3) is 5.91 Å². The zero-order chi connectivity index (χ0) is 16.9. The second-order valence-electron chi connectivity index (χ2n) is 5.54. The molecule has 5 nitrogen and oxygen atoms in total. The molecule has 3 rings (SSSR count).